The minimum atomic E-state index is -0.251. The predicted molar refractivity (Wildman–Crippen MR) is 127 cm³/mol. The highest BCUT2D eigenvalue weighted by molar-refractivity contribution is 5.62. The van der Waals surface area contributed by atoms with Crippen molar-refractivity contribution in [3.05, 3.63) is 65.3 Å². The summed E-state index contributed by atoms with van der Waals surface area (Å²) < 4.78 is 17.5. The number of phenolic OH excluding ortho intramolecular Hbond substituents is 1. The van der Waals surface area contributed by atoms with E-state index in [4.69, 9.17) is 14.2 Å². The molecule has 6 nitrogen and oxygen atoms in total. The van der Waals surface area contributed by atoms with E-state index in [0.29, 0.717) is 36.7 Å². The zero-order valence-electron chi connectivity index (χ0n) is 19.3. The molecular formula is C26H33NO5. The van der Waals surface area contributed by atoms with E-state index in [1.54, 1.807) is 13.2 Å². The van der Waals surface area contributed by atoms with Crippen LogP contribution >= 0.6 is 0 Å². The number of rotatable bonds is 10. The summed E-state index contributed by atoms with van der Waals surface area (Å²) in [5, 5.41) is 20.1. The van der Waals surface area contributed by atoms with E-state index < -0.39 is 0 Å². The van der Waals surface area contributed by atoms with Crippen molar-refractivity contribution in [1.82, 2.24) is 4.90 Å². The first-order valence-electron chi connectivity index (χ1n) is 10.8. The van der Waals surface area contributed by atoms with E-state index in [-0.39, 0.29) is 24.4 Å². The quantitative estimate of drug-likeness (QED) is 0.525. The zero-order valence-corrected chi connectivity index (χ0v) is 19.3. The number of hydrogen-bond acceptors (Lipinski definition) is 6. The number of benzene rings is 2. The molecule has 0 unspecified atom stereocenters. The SMILES string of the molecule is C=CCN(CCO)Cc1cc([C@H]2Oc3c(OC)cc(/C=C/C)cc3[C@@H]2C)cc(OC)c1O. The Balaban J connectivity index is 2.00. The molecule has 0 aliphatic carbocycles. The number of aliphatic hydroxyl groups is 1. The maximum atomic E-state index is 10.8. The number of ether oxygens (including phenoxy) is 3. The average Bonchev–Trinajstić information content (AvgIpc) is 3.11. The molecule has 2 aromatic rings. The van der Waals surface area contributed by atoms with Gasteiger partial charge < -0.3 is 24.4 Å². The first kappa shape index (κ1) is 23.7. The summed E-state index contributed by atoms with van der Waals surface area (Å²) in [7, 11) is 3.19. The molecule has 2 aromatic carbocycles. The Morgan fingerprint density at radius 3 is 2.53 bits per heavy atom. The maximum absolute atomic E-state index is 10.8. The van der Waals surface area contributed by atoms with Gasteiger partial charge in [-0.2, -0.15) is 0 Å². The fourth-order valence-electron chi connectivity index (χ4n) is 4.23. The van der Waals surface area contributed by atoms with Crippen LogP contribution in [0.1, 0.15) is 48.1 Å². The summed E-state index contributed by atoms with van der Waals surface area (Å²) in [5.41, 5.74) is 3.77. The minimum Gasteiger partial charge on any atom is -0.504 e. The molecule has 32 heavy (non-hydrogen) atoms. The minimum absolute atomic E-state index is 0.0256. The van der Waals surface area contributed by atoms with Gasteiger partial charge in [-0.25, -0.2) is 0 Å². The highest BCUT2D eigenvalue weighted by Crippen LogP contribution is 2.51. The molecule has 0 saturated heterocycles. The molecule has 6 heteroatoms. The normalized spacial score (nSPS) is 17.4. The molecule has 0 fully saturated rings. The van der Waals surface area contributed by atoms with Gasteiger partial charge in [0.1, 0.15) is 6.10 Å². The first-order chi connectivity index (χ1) is 15.5. The Labute approximate surface area is 190 Å². The van der Waals surface area contributed by atoms with Crippen LogP contribution in [0, 0.1) is 0 Å². The highest BCUT2D eigenvalue weighted by Gasteiger charge is 2.36. The average molecular weight is 440 g/mol. The Hall–Kier alpha value is -2.96. The van der Waals surface area contributed by atoms with Crippen molar-refractivity contribution >= 4 is 6.08 Å². The van der Waals surface area contributed by atoms with E-state index in [9.17, 15) is 10.2 Å². The van der Waals surface area contributed by atoms with Crippen LogP contribution in [0.15, 0.2) is 43.0 Å². The Bertz CT molecular complexity index is 985. The van der Waals surface area contributed by atoms with Gasteiger partial charge in [-0.3, -0.25) is 4.90 Å². The molecule has 0 aromatic heterocycles. The van der Waals surface area contributed by atoms with Gasteiger partial charge in [-0.05, 0) is 42.3 Å². The number of nitrogens with zero attached hydrogens (tertiary/aromatic N) is 1. The number of allylic oxidation sites excluding steroid dienone is 1. The maximum Gasteiger partial charge on any atom is 0.165 e. The molecule has 1 aliphatic rings. The van der Waals surface area contributed by atoms with Crippen LogP contribution in [0.2, 0.25) is 0 Å². The van der Waals surface area contributed by atoms with Crippen LogP contribution in [-0.2, 0) is 6.54 Å². The van der Waals surface area contributed by atoms with Gasteiger partial charge in [0.05, 0.1) is 20.8 Å². The second-order valence-corrected chi connectivity index (χ2v) is 7.95. The van der Waals surface area contributed by atoms with Crippen molar-refractivity contribution in [1.29, 1.82) is 0 Å². The van der Waals surface area contributed by atoms with Crippen LogP contribution in [-0.4, -0.2) is 49.0 Å². The molecule has 2 N–H and O–H groups in total. The third-order valence-corrected chi connectivity index (χ3v) is 5.80. The molecule has 2 atom stereocenters. The molecule has 1 heterocycles. The highest BCUT2D eigenvalue weighted by atomic mass is 16.5. The molecule has 0 bridgehead atoms. The molecule has 0 radical (unpaired) electrons. The molecular weight excluding hydrogens is 406 g/mol. The zero-order chi connectivity index (χ0) is 23.3. The fourth-order valence-corrected chi connectivity index (χ4v) is 4.23. The van der Waals surface area contributed by atoms with Crippen LogP contribution in [0.3, 0.4) is 0 Å². The monoisotopic (exact) mass is 439 g/mol. The van der Waals surface area contributed by atoms with Gasteiger partial charge in [0.2, 0.25) is 0 Å². The van der Waals surface area contributed by atoms with Crippen LogP contribution < -0.4 is 14.2 Å². The second-order valence-electron chi connectivity index (χ2n) is 7.95. The van der Waals surface area contributed by atoms with Crippen LogP contribution in [0.4, 0.5) is 0 Å². The van der Waals surface area contributed by atoms with Gasteiger partial charge in [0.25, 0.3) is 0 Å². The van der Waals surface area contributed by atoms with Crippen LogP contribution in [0.25, 0.3) is 6.08 Å². The van der Waals surface area contributed by atoms with E-state index >= 15 is 0 Å². The smallest absolute Gasteiger partial charge is 0.165 e. The first-order valence-corrected chi connectivity index (χ1v) is 10.8. The number of methoxy groups -OCH3 is 2. The van der Waals surface area contributed by atoms with E-state index in [0.717, 1.165) is 22.4 Å². The van der Waals surface area contributed by atoms with E-state index in [1.807, 2.05) is 42.2 Å². The van der Waals surface area contributed by atoms with Crippen molar-refractivity contribution in [2.24, 2.45) is 0 Å². The van der Waals surface area contributed by atoms with Gasteiger partial charge in [0.15, 0.2) is 23.0 Å². The summed E-state index contributed by atoms with van der Waals surface area (Å²) >= 11 is 0. The molecule has 0 saturated carbocycles. The molecule has 1 aliphatic heterocycles. The summed E-state index contributed by atoms with van der Waals surface area (Å²) in [6, 6.07) is 7.89. The van der Waals surface area contributed by atoms with E-state index in [2.05, 4.69) is 19.6 Å². The molecule has 172 valence electrons. The molecule has 3 rings (SSSR count). The Kier molecular flexibility index (Phi) is 7.83. The number of phenols is 1. The summed E-state index contributed by atoms with van der Waals surface area (Å²) in [6.45, 7) is 9.45. The van der Waals surface area contributed by atoms with Gasteiger partial charge >= 0.3 is 0 Å². The number of fused-ring (bicyclic) bond motifs is 1. The largest absolute Gasteiger partial charge is 0.504 e. The lowest BCUT2D eigenvalue weighted by Crippen LogP contribution is -2.26. The standard InChI is InChI=1S/C26H33NO5/c1-6-8-18-12-21-17(3)25(32-26(21)23(13-18)31-5)19-14-20(24(29)22(15-19)30-4)16-27(9-7-2)10-11-28/h6-8,12-15,17,25,28-29H,2,9-11,16H2,1,3-5H3/b8-6+/t17-,25-/m0/s1. The second kappa shape index (κ2) is 10.6. The van der Waals surface area contributed by atoms with Crippen molar-refractivity contribution in [2.45, 2.75) is 32.4 Å². The van der Waals surface area contributed by atoms with Gasteiger partial charge in [0, 0.05) is 36.7 Å². The lowest BCUT2D eigenvalue weighted by Gasteiger charge is -2.23. The lowest BCUT2D eigenvalue weighted by molar-refractivity contribution is 0.199. The van der Waals surface area contributed by atoms with Crippen molar-refractivity contribution in [2.75, 3.05) is 33.9 Å². The topological polar surface area (TPSA) is 71.4 Å². The van der Waals surface area contributed by atoms with Crippen molar-refractivity contribution < 1.29 is 24.4 Å². The fraction of sp³-hybridized carbons (Fsp3) is 0.385. The third kappa shape index (κ3) is 4.76. The van der Waals surface area contributed by atoms with Crippen molar-refractivity contribution in [3.8, 4) is 23.0 Å². The Morgan fingerprint density at radius 2 is 1.91 bits per heavy atom. The predicted octanol–water partition coefficient (Wildman–Crippen LogP) is 4.66. The summed E-state index contributed by atoms with van der Waals surface area (Å²) in [6.07, 6.45) is 5.57. The summed E-state index contributed by atoms with van der Waals surface area (Å²) in [5.74, 6) is 2.03. The van der Waals surface area contributed by atoms with E-state index in [1.165, 1.54) is 7.11 Å². The number of aliphatic hydroxyl groups excluding tert-OH is 1. The number of hydrogen-bond donors (Lipinski definition) is 2. The number of aromatic hydroxyl groups is 1. The van der Waals surface area contributed by atoms with Crippen LogP contribution in [0.5, 0.6) is 23.0 Å². The van der Waals surface area contributed by atoms with Crippen molar-refractivity contribution in [3.63, 3.8) is 0 Å². The van der Waals surface area contributed by atoms with Gasteiger partial charge in [-0.1, -0.05) is 25.2 Å². The van der Waals surface area contributed by atoms with Gasteiger partial charge in [-0.15, -0.1) is 6.58 Å². The lowest BCUT2D eigenvalue weighted by atomic mass is 9.90. The summed E-state index contributed by atoms with van der Waals surface area (Å²) in [4.78, 5) is 2.01. The Morgan fingerprint density at radius 1 is 1.16 bits per heavy atom. The molecule has 0 spiro atoms. The third-order valence-electron chi connectivity index (χ3n) is 5.80. The molecule has 0 amide bonds.